The number of hydrogen-bond acceptors (Lipinski definition) is 7. The van der Waals surface area contributed by atoms with Crippen LogP contribution < -0.4 is 14.8 Å². The number of fused-ring (bicyclic) bond motifs is 5. The van der Waals surface area contributed by atoms with Crippen molar-refractivity contribution in [3.63, 3.8) is 0 Å². The number of alkyl carbamates (subject to hydrolysis) is 1. The fourth-order valence-electron chi connectivity index (χ4n) is 6.55. The first-order chi connectivity index (χ1) is 22.5. The molecule has 47 heavy (non-hydrogen) atoms. The van der Waals surface area contributed by atoms with E-state index in [0.29, 0.717) is 29.9 Å². The zero-order chi connectivity index (χ0) is 33.3. The molecule has 6 rings (SSSR count). The van der Waals surface area contributed by atoms with Crippen LogP contribution in [0.25, 0.3) is 10.9 Å². The van der Waals surface area contributed by atoms with Crippen LogP contribution in [0.1, 0.15) is 64.5 Å². The minimum absolute atomic E-state index is 0.0115. The van der Waals surface area contributed by atoms with E-state index in [9.17, 15) is 19.5 Å². The van der Waals surface area contributed by atoms with Gasteiger partial charge >= 0.3 is 12.1 Å². The predicted octanol–water partition coefficient (Wildman–Crippen LogP) is 5.56. The molecule has 2 aliphatic heterocycles. The second kappa shape index (κ2) is 13.1. The standard InChI is InChI=1S/C37H41N3O7/c1-22-25-15-9-6-10-17-27-31(45-21-23-13-7-5-8-14-23)26-16-11-12-18-28(26)38-33(27)46-24-19-29(35(42)43)40(20-24)34(41)32(37(2,3)4)39-36(44)47-30(22)25/h5,7-8,11-14,16,18,22,24-25,29-30,32H,6,9,15,19-21H2,1-4H3,(H,39,44)(H,42,43)/t22?,24-,25-,29+,30-,32-/m1/s1. The van der Waals surface area contributed by atoms with Crippen LogP contribution in [0.5, 0.6) is 11.6 Å². The molecular weight excluding hydrogens is 598 g/mol. The second-order valence-electron chi connectivity index (χ2n) is 13.8. The van der Waals surface area contributed by atoms with Crippen molar-refractivity contribution < 1.29 is 33.7 Å². The summed E-state index contributed by atoms with van der Waals surface area (Å²) in [6.45, 7) is 7.81. The molecule has 1 aliphatic carbocycles. The average molecular weight is 640 g/mol. The Kier molecular flexibility index (Phi) is 9.00. The van der Waals surface area contributed by atoms with Gasteiger partial charge in [0.05, 0.1) is 12.1 Å². The van der Waals surface area contributed by atoms with Gasteiger partial charge in [0.1, 0.15) is 42.2 Å². The Morgan fingerprint density at radius 3 is 2.60 bits per heavy atom. The number of nitrogens with one attached hydrogen (secondary N) is 1. The van der Waals surface area contributed by atoms with Crippen LogP contribution in [0, 0.1) is 29.1 Å². The first-order valence-corrected chi connectivity index (χ1v) is 16.3. The van der Waals surface area contributed by atoms with Crippen LogP contribution in [0.2, 0.25) is 0 Å². The van der Waals surface area contributed by atoms with E-state index < -0.39 is 41.6 Å². The largest absolute Gasteiger partial charge is 0.487 e. The van der Waals surface area contributed by atoms with Gasteiger partial charge in [0.2, 0.25) is 11.8 Å². The van der Waals surface area contributed by atoms with Crippen LogP contribution >= 0.6 is 0 Å². The van der Waals surface area contributed by atoms with Crippen LogP contribution in [-0.4, -0.2) is 63.8 Å². The van der Waals surface area contributed by atoms with Gasteiger partial charge in [0.25, 0.3) is 0 Å². The van der Waals surface area contributed by atoms with Crippen LogP contribution in [-0.2, 0) is 20.9 Å². The summed E-state index contributed by atoms with van der Waals surface area (Å²) in [6, 6.07) is 15.2. The third-order valence-electron chi connectivity index (χ3n) is 9.29. The molecule has 1 aromatic heterocycles. The predicted molar refractivity (Wildman–Crippen MR) is 175 cm³/mol. The normalized spacial score (nSPS) is 26.3. The van der Waals surface area contributed by atoms with Crippen molar-refractivity contribution in [1.82, 2.24) is 15.2 Å². The topological polar surface area (TPSA) is 127 Å². The van der Waals surface area contributed by atoms with E-state index in [1.807, 2.05) is 82.3 Å². The monoisotopic (exact) mass is 639 g/mol. The summed E-state index contributed by atoms with van der Waals surface area (Å²) < 4.78 is 18.7. The Hall–Kier alpha value is -4.78. The first kappa shape index (κ1) is 32.2. The van der Waals surface area contributed by atoms with Gasteiger partial charge in [-0.25, -0.2) is 14.6 Å². The number of rotatable bonds is 4. The average Bonchev–Trinajstić information content (AvgIpc) is 3.42. The van der Waals surface area contributed by atoms with Gasteiger partial charge in [-0.05, 0) is 41.9 Å². The maximum absolute atomic E-state index is 14.0. The third kappa shape index (κ3) is 6.99. The number of para-hydroxylation sites is 1. The highest BCUT2D eigenvalue weighted by Crippen LogP contribution is 2.45. The first-order valence-electron chi connectivity index (χ1n) is 16.3. The lowest BCUT2D eigenvalue weighted by Crippen LogP contribution is -2.57. The summed E-state index contributed by atoms with van der Waals surface area (Å²) in [4.78, 5) is 45.6. The lowest BCUT2D eigenvalue weighted by molar-refractivity contribution is -0.150. The van der Waals surface area contributed by atoms with Crippen molar-refractivity contribution in [2.75, 3.05) is 6.54 Å². The Balaban J connectivity index is 1.40. The van der Waals surface area contributed by atoms with E-state index in [4.69, 9.17) is 19.2 Å². The van der Waals surface area contributed by atoms with Gasteiger partial charge < -0.3 is 29.5 Å². The summed E-state index contributed by atoms with van der Waals surface area (Å²) in [5, 5.41) is 13.7. The number of pyridine rings is 1. The number of amides is 2. The minimum Gasteiger partial charge on any atom is -0.487 e. The van der Waals surface area contributed by atoms with E-state index in [1.54, 1.807) is 0 Å². The maximum Gasteiger partial charge on any atom is 0.408 e. The van der Waals surface area contributed by atoms with E-state index in [2.05, 4.69) is 17.2 Å². The summed E-state index contributed by atoms with van der Waals surface area (Å²) in [6.07, 6.45) is 0.658. The number of carboxylic acids is 1. The second-order valence-corrected chi connectivity index (χ2v) is 13.8. The van der Waals surface area contributed by atoms with E-state index in [1.165, 1.54) is 4.90 Å². The van der Waals surface area contributed by atoms with Crippen LogP contribution in [0.4, 0.5) is 4.79 Å². The molecule has 6 atom stereocenters. The highest BCUT2D eigenvalue weighted by molar-refractivity contribution is 5.91. The number of ether oxygens (including phenoxy) is 3. The Labute approximate surface area is 274 Å². The molecular formula is C37H41N3O7. The number of aliphatic carboxylic acids is 1. The van der Waals surface area contributed by atoms with Crippen molar-refractivity contribution in [3.05, 3.63) is 65.7 Å². The van der Waals surface area contributed by atoms with Gasteiger partial charge in [-0.1, -0.05) is 82.0 Å². The Morgan fingerprint density at radius 1 is 1.11 bits per heavy atom. The molecule has 2 N–H and O–H groups in total. The van der Waals surface area contributed by atoms with Crippen molar-refractivity contribution in [3.8, 4) is 23.5 Å². The Morgan fingerprint density at radius 2 is 1.85 bits per heavy atom. The molecule has 1 unspecified atom stereocenters. The van der Waals surface area contributed by atoms with Crippen LogP contribution in [0.15, 0.2) is 54.6 Å². The van der Waals surface area contributed by atoms with Crippen molar-refractivity contribution in [2.45, 2.75) is 84.3 Å². The molecule has 0 radical (unpaired) electrons. The third-order valence-corrected chi connectivity index (χ3v) is 9.29. The highest BCUT2D eigenvalue weighted by Gasteiger charge is 2.50. The molecule has 3 aliphatic rings. The molecule has 2 aromatic carbocycles. The lowest BCUT2D eigenvalue weighted by Gasteiger charge is -2.34. The molecule has 2 amide bonds. The maximum atomic E-state index is 14.0. The summed E-state index contributed by atoms with van der Waals surface area (Å²) in [5.74, 6) is 6.07. The van der Waals surface area contributed by atoms with Gasteiger partial charge in [-0.3, -0.25) is 4.79 Å². The van der Waals surface area contributed by atoms with Crippen molar-refractivity contribution in [2.24, 2.45) is 17.3 Å². The smallest absolute Gasteiger partial charge is 0.408 e. The molecule has 10 heteroatoms. The molecule has 1 saturated carbocycles. The summed E-state index contributed by atoms with van der Waals surface area (Å²) >= 11 is 0. The zero-order valence-corrected chi connectivity index (χ0v) is 27.2. The van der Waals surface area contributed by atoms with Gasteiger partial charge in [-0.2, -0.15) is 0 Å². The minimum atomic E-state index is -1.16. The molecule has 3 aromatic rings. The van der Waals surface area contributed by atoms with E-state index in [0.717, 1.165) is 23.8 Å². The van der Waals surface area contributed by atoms with Gasteiger partial charge in [0, 0.05) is 24.1 Å². The van der Waals surface area contributed by atoms with E-state index in [-0.39, 0.29) is 36.8 Å². The van der Waals surface area contributed by atoms with Gasteiger partial charge in [0.15, 0.2) is 0 Å². The number of carboxylic acid groups (broad SMARTS) is 1. The number of hydrogen-bond donors (Lipinski definition) is 2. The highest BCUT2D eigenvalue weighted by atomic mass is 16.6. The SMILES string of the molecule is CC1[C@H]2CCCC#Cc3c(nc4ccccc4c3OCc3ccccc3)O[C@@H]3C[C@@H](C(=O)O)N(C3)C(=O)[C@H](C(C)(C)C)NC(=O)O[C@H]12. The number of carbonyl (C=O) groups is 3. The lowest BCUT2D eigenvalue weighted by atomic mass is 9.85. The molecule has 10 nitrogen and oxygen atoms in total. The summed E-state index contributed by atoms with van der Waals surface area (Å²) in [5.41, 5.74) is 1.39. The number of nitrogens with zero attached hydrogens (tertiary/aromatic N) is 2. The number of benzene rings is 2. The van der Waals surface area contributed by atoms with E-state index >= 15 is 0 Å². The fourth-order valence-corrected chi connectivity index (χ4v) is 6.55. The Bertz CT molecular complexity index is 1720. The molecule has 3 heterocycles. The quantitative estimate of drug-likeness (QED) is 0.356. The molecule has 1 saturated heterocycles. The molecule has 0 spiro atoms. The fraction of sp³-hybridized carbons (Fsp3) is 0.459. The van der Waals surface area contributed by atoms with Crippen molar-refractivity contribution in [1.29, 1.82) is 0 Å². The van der Waals surface area contributed by atoms with Gasteiger partial charge in [-0.15, -0.1) is 0 Å². The summed E-state index contributed by atoms with van der Waals surface area (Å²) in [7, 11) is 0. The van der Waals surface area contributed by atoms with Crippen LogP contribution in [0.3, 0.4) is 0 Å². The zero-order valence-electron chi connectivity index (χ0n) is 27.2. The molecule has 2 fully saturated rings. The molecule has 246 valence electrons. The van der Waals surface area contributed by atoms with Crippen molar-refractivity contribution >= 4 is 28.9 Å². The number of aromatic nitrogens is 1. The molecule has 2 bridgehead atoms. The number of carbonyl (C=O) groups excluding carboxylic acids is 2.